The molecule has 1 heterocycles. The zero-order valence-electron chi connectivity index (χ0n) is 11.9. The smallest absolute Gasteiger partial charge is 0.244 e. The zero-order valence-corrected chi connectivity index (χ0v) is 15.0. The fourth-order valence-electron chi connectivity index (χ4n) is 2.39. The average Bonchev–Trinajstić information content (AvgIpc) is 2.97. The van der Waals surface area contributed by atoms with Gasteiger partial charge in [-0.3, -0.25) is 0 Å². The van der Waals surface area contributed by atoms with E-state index in [1.807, 2.05) is 6.92 Å². The number of alkyl halides is 1. The molecule has 118 valence electrons. The average molecular weight is 397 g/mol. The molecule has 1 aliphatic rings. The van der Waals surface area contributed by atoms with Crippen molar-refractivity contribution >= 4 is 37.6 Å². The van der Waals surface area contributed by atoms with Crippen LogP contribution in [0.3, 0.4) is 0 Å². The van der Waals surface area contributed by atoms with Crippen molar-refractivity contribution in [1.29, 1.82) is 0 Å². The maximum atomic E-state index is 12.8. The Kier molecular flexibility index (Phi) is 6.08. The molecule has 1 unspecified atom stereocenters. The molecule has 0 spiro atoms. The maximum absolute atomic E-state index is 12.8. The van der Waals surface area contributed by atoms with Gasteiger partial charge in [-0.05, 0) is 46.5 Å². The van der Waals surface area contributed by atoms with E-state index in [2.05, 4.69) is 15.9 Å². The number of rotatable bonds is 6. The molecule has 1 atom stereocenters. The Morgan fingerprint density at radius 1 is 1.48 bits per heavy atom. The molecule has 21 heavy (non-hydrogen) atoms. The summed E-state index contributed by atoms with van der Waals surface area (Å²) < 4.78 is 33.1. The minimum atomic E-state index is -3.53. The van der Waals surface area contributed by atoms with Crippen LogP contribution in [0.2, 0.25) is 0 Å². The van der Waals surface area contributed by atoms with E-state index in [1.54, 1.807) is 18.2 Å². The third-order valence-corrected chi connectivity index (χ3v) is 6.78. The molecule has 1 saturated heterocycles. The Bertz CT molecular complexity index is 588. The third-order valence-electron chi connectivity index (χ3n) is 3.55. The number of hydrogen-bond acceptors (Lipinski definition) is 3. The predicted molar refractivity (Wildman–Crippen MR) is 87.1 cm³/mol. The van der Waals surface area contributed by atoms with Crippen molar-refractivity contribution in [2.75, 3.05) is 19.7 Å². The second kappa shape index (κ2) is 7.42. The van der Waals surface area contributed by atoms with Crippen LogP contribution in [0.4, 0.5) is 0 Å². The van der Waals surface area contributed by atoms with Crippen molar-refractivity contribution < 1.29 is 13.2 Å². The van der Waals surface area contributed by atoms with E-state index in [0.29, 0.717) is 23.4 Å². The van der Waals surface area contributed by atoms with E-state index in [-0.39, 0.29) is 11.0 Å². The molecule has 7 heteroatoms. The molecule has 0 radical (unpaired) electrons. The monoisotopic (exact) mass is 395 g/mol. The van der Waals surface area contributed by atoms with Crippen LogP contribution in [-0.2, 0) is 20.6 Å². The lowest BCUT2D eigenvalue weighted by Gasteiger charge is -2.24. The zero-order chi connectivity index (χ0) is 15.5. The summed E-state index contributed by atoms with van der Waals surface area (Å²) in [6.45, 7) is 3.39. The number of sulfonamides is 1. The Hall–Kier alpha value is -0.140. The number of likely N-dealkylation sites (N-methyl/N-ethyl adjacent to an activating group) is 1. The summed E-state index contributed by atoms with van der Waals surface area (Å²) in [6, 6.07) is 5.10. The van der Waals surface area contributed by atoms with E-state index in [0.717, 1.165) is 25.0 Å². The molecule has 0 saturated carbocycles. The highest BCUT2D eigenvalue weighted by molar-refractivity contribution is 9.10. The fraction of sp³-hybridized carbons (Fsp3) is 0.571. The fourth-order valence-corrected chi connectivity index (χ4v) is 5.12. The number of benzene rings is 1. The van der Waals surface area contributed by atoms with Crippen LogP contribution < -0.4 is 0 Å². The SMILES string of the molecule is CCN(CC1CCCO1)S(=O)(=O)c1ccc(CCl)cc1Br. The molecular weight excluding hydrogens is 378 g/mol. The van der Waals surface area contributed by atoms with Crippen molar-refractivity contribution in [2.45, 2.75) is 36.6 Å². The van der Waals surface area contributed by atoms with Crippen LogP contribution in [0.25, 0.3) is 0 Å². The summed E-state index contributed by atoms with van der Waals surface area (Å²) in [5.41, 5.74) is 0.879. The number of hydrogen-bond donors (Lipinski definition) is 0. The Morgan fingerprint density at radius 2 is 2.24 bits per heavy atom. The molecule has 0 aliphatic carbocycles. The first-order valence-corrected chi connectivity index (χ1v) is 9.72. The molecule has 1 aliphatic heterocycles. The highest BCUT2D eigenvalue weighted by Crippen LogP contribution is 2.27. The van der Waals surface area contributed by atoms with Gasteiger partial charge < -0.3 is 4.74 Å². The molecule has 0 bridgehead atoms. The van der Waals surface area contributed by atoms with Crippen molar-refractivity contribution in [1.82, 2.24) is 4.31 Å². The molecular formula is C14H19BrClNO3S. The van der Waals surface area contributed by atoms with Crippen molar-refractivity contribution in [3.63, 3.8) is 0 Å². The predicted octanol–water partition coefficient (Wildman–Crippen LogP) is 3.38. The Labute approximate surface area is 139 Å². The quantitative estimate of drug-likeness (QED) is 0.693. The number of halogens is 2. The van der Waals surface area contributed by atoms with Crippen LogP contribution in [0.15, 0.2) is 27.6 Å². The summed E-state index contributed by atoms with van der Waals surface area (Å²) in [6.07, 6.45) is 1.91. The van der Waals surface area contributed by atoms with Crippen molar-refractivity contribution in [3.8, 4) is 0 Å². The van der Waals surface area contributed by atoms with E-state index < -0.39 is 10.0 Å². The molecule has 1 fully saturated rings. The molecule has 4 nitrogen and oxygen atoms in total. The summed E-state index contributed by atoms with van der Waals surface area (Å²) in [4.78, 5) is 0.274. The van der Waals surface area contributed by atoms with Gasteiger partial charge in [0.2, 0.25) is 10.0 Å². The first-order valence-electron chi connectivity index (χ1n) is 6.95. The summed E-state index contributed by atoms with van der Waals surface area (Å²) in [5, 5.41) is 0. The Morgan fingerprint density at radius 3 is 2.76 bits per heavy atom. The summed E-state index contributed by atoms with van der Waals surface area (Å²) in [5.74, 6) is 0.354. The van der Waals surface area contributed by atoms with Gasteiger partial charge >= 0.3 is 0 Å². The second-order valence-electron chi connectivity index (χ2n) is 4.99. The van der Waals surface area contributed by atoms with E-state index in [1.165, 1.54) is 4.31 Å². The van der Waals surface area contributed by atoms with Crippen LogP contribution in [0, 0.1) is 0 Å². The molecule has 1 aromatic rings. The van der Waals surface area contributed by atoms with Crippen molar-refractivity contribution in [3.05, 3.63) is 28.2 Å². The van der Waals surface area contributed by atoms with Crippen LogP contribution in [-0.4, -0.2) is 38.5 Å². The van der Waals surface area contributed by atoms with Crippen molar-refractivity contribution in [2.24, 2.45) is 0 Å². The minimum Gasteiger partial charge on any atom is -0.377 e. The van der Waals surface area contributed by atoms with E-state index in [9.17, 15) is 8.42 Å². The summed E-state index contributed by atoms with van der Waals surface area (Å²) in [7, 11) is -3.53. The van der Waals surface area contributed by atoms with Crippen LogP contribution in [0.5, 0.6) is 0 Å². The van der Waals surface area contributed by atoms with Gasteiger partial charge in [0.05, 0.1) is 11.0 Å². The van der Waals surface area contributed by atoms with E-state index >= 15 is 0 Å². The van der Waals surface area contributed by atoms with Gasteiger partial charge in [0.25, 0.3) is 0 Å². The lowest BCUT2D eigenvalue weighted by atomic mass is 10.2. The minimum absolute atomic E-state index is 0.000570. The van der Waals surface area contributed by atoms with Gasteiger partial charge in [-0.2, -0.15) is 4.31 Å². The highest BCUT2D eigenvalue weighted by atomic mass is 79.9. The lowest BCUT2D eigenvalue weighted by molar-refractivity contribution is 0.0946. The van der Waals surface area contributed by atoms with E-state index in [4.69, 9.17) is 16.3 Å². The molecule has 0 N–H and O–H groups in total. The molecule has 2 rings (SSSR count). The van der Waals surface area contributed by atoms with Gasteiger partial charge in [0.1, 0.15) is 0 Å². The highest BCUT2D eigenvalue weighted by Gasteiger charge is 2.29. The van der Waals surface area contributed by atoms with Gasteiger partial charge in [-0.1, -0.05) is 13.0 Å². The summed E-state index contributed by atoms with van der Waals surface area (Å²) >= 11 is 9.11. The third kappa shape index (κ3) is 3.99. The number of nitrogens with zero attached hydrogens (tertiary/aromatic N) is 1. The molecule has 0 aromatic heterocycles. The molecule has 1 aromatic carbocycles. The van der Waals surface area contributed by atoms with Gasteiger partial charge in [-0.15, -0.1) is 11.6 Å². The first-order chi connectivity index (χ1) is 9.98. The second-order valence-corrected chi connectivity index (χ2v) is 8.02. The largest absolute Gasteiger partial charge is 0.377 e. The standard InChI is InChI=1S/C14H19BrClNO3S/c1-2-17(10-12-4-3-7-20-12)21(18,19)14-6-5-11(9-16)8-13(14)15/h5-6,8,12H,2-4,7,9-10H2,1H3. The topological polar surface area (TPSA) is 46.6 Å². The number of ether oxygens (including phenoxy) is 1. The maximum Gasteiger partial charge on any atom is 0.244 e. The lowest BCUT2D eigenvalue weighted by Crippen LogP contribution is -2.37. The normalized spacial score (nSPS) is 19.3. The van der Waals surface area contributed by atoms with Gasteiger partial charge in [-0.25, -0.2) is 8.42 Å². The first kappa shape index (κ1) is 17.2. The Balaban J connectivity index is 2.25. The van der Waals surface area contributed by atoms with Gasteiger partial charge in [0.15, 0.2) is 0 Å². The molecule has 0 amide bonds. The van der Waals surface area contributed by atoms with Gasteiger partial charge in [0, 0.05) is 30.0 Å². The van der Waals surface area contributed by atoms with Crippen LogP contribution in [0.1, 0.15) is 25.3 Å². The van der Waals surface area contributed by atoms with Crippen LogP contribution >= 0.6 is 27.5 Å².